The summed E-state index contributed by atoms with van der Waals surface area (Å²) >= 11 is 0. The number of aliphatic carboxylic acids is 1. The lowest BCUT2D eigenvalue weighted by atomic mass is 10.1. The Morgan fingerprint density at radius 1 is 1.32 bits per heavy atom. The van der Waals surface area contributed by atoms with Crippen LogP contribution < -0.4 is 5.32 Å². The third-order valence-corrected chi connectivity index (χ3v) is 3.18. The standard InChI is InChI=1S/C14H15NO4/c1-8-6-9(3-5-12(8)16)13(17)15-11-4-2-10(7-11)14(18)19/h2-6,10-11,16H,7H2,1H3,(H,15,17)(H,18,19). The highest BCUT2D eigenvalue weighted by atomic mass is 16.4. The zero-order chi connectivity index (χ0) is 14.0. The number of amides is 1. The second kappa shape index (κ2) is 5.14. The Bertz CT molecular complexity index is 550. The van der Waals surface area contributed by atoms with Gasteiger partial charge in [0.1, 0.15) is 5.75 Å². The molecule has 0 spiro atoms. The largest absolute Gasteiger partial charge is 0.508 e. The van der Waals surface area contributed by atoms with Gasteiger partial charge < -0.3 is 15.5 Å². The van der Waals surface area contributed by atoms with Crippen molar-refractivity contribution < 1.29 is 19.8 Å². The molecule has 2 unspecified atom stereocenters. The lowest BCUT2D eigenvalue weighted by Crippen LogP contribution is -2.33. The molecule has 0 radical (unpaired) electrons. The predicted molar refractivity (Wildman–Crippen MR) is 69.0 cm³/mol. The van der Waals surface area contributed by atoms with Crippen LogP contribution in [-0.2, 0) is 4.79 Å². The number of phenolic OH excluding ortho intramolecular Hbond substituents is 1. The highest BCUT2D eigenvalue weighted by Crippen LogP contribution is 2.20. The molecule has 1 aliphatic carbocycles. The molecule has 0 aliphatic heterocycles. The number of carbonyl (C=O) groups excluding carboxylic acids is 1. The van der Waals surface area contributed by atoms with E-state index in [9.17, 15) is 14.7 Å². The fourth-order valence-electron chi connectivity index (χ4n) is 2.04. The number of phenols is 1. The zero-order valence-corrected chi connectivity index (χ0v) is 10.5. The first-order valence-electron chi connectivity index (χ1n) is 5.99. The summed E-state index contributed by atoms with van der Waals surface area (Å²) in [6.45, 7) is 1.71. The van der Waals surface area contributed by atoms with Gasteiger partial charge in [-0.1, -0.05) is 12.2 Å². The first-order valence-corrected chi connectivity index (χ1v) is 5.99. The Morgan fingerprint density at radius 2 is 2.05 bits per heavy atom. The number of carbonyl (C=O) groups is 2. The molecular formula is C14H15NO4. The van der Waals surface area contributed by atoms with Crippen molar-refractivity contribution in [3.63, 3.8) is 0 Å². The van der Waals surface area contributed by atoms with Crippen molar-refractivity contribution in [2.45, 2.75) is 19.4 Å². The fraction of sp³-hybridized carbons (Fsp3) is 0.286. The molecule has 0 aromatic heterocycles. The van der Waals surface area contributed by atoms with Crippen molar-refractivity contribution in [1.29, 1.82) is 0 Å². The fourth-order valence-corrected chi connectivity index (χ4v) is 2.04. The van der Waals surface area contributed by atoms with Crippen molar-refractivity contribution in [3.05, 3.63) is 41.5 Å². The maximum atomic E-state index is 12.0. The zero-order valence-electron chi connectivity index (χ0n) is 10.5. The van der Waals surface area contributed by atoms with Crippen LogP contribution in [0.3, 0.4) is 0 Å². The summed E-state index contributed by atoms with van der Waals surface area (Å²) in [6, 6.07) is 4.33. The summed E-state index contributed by atoms with van der Waals surface area (Å²) in [4.78, 5) is 22.8. The van der Waals surface area contributed by atoms with E-state index >= 15 is 0 Å². The van der Waals surface area contributed by atoms with Gasteiger partial charge in [0.25, 0.3) is 5.91 Å². The number of hydrogen-bond donors (Lipinski definition) is 3. The molecule has 0 saturated heterocycles. The molecule has 0 fully saturated rings. The molecule has 1 aromatic rings. The Kier molecular flexibility index (Phi) is 3.55. The second-order valence-electron chi connectivity index (χ2n) is 4.65. The van der Waals surface area contributed by atoms with Gasteiger partial charge in [-0.3, -0.25) is 9.59 Å². The van der Waals surface area contributed by atoms with Crippen molar-refractivity contribution in [2.24, 2.45) is 5.92 Å². The summed E-state index contributed by atoms with van der Waals surface area (Å²) < 4.78 is 0. The van der Waals surface area contributed by atoms with Gasteiger partial charge in [-0.2, -0.15) is 0 Å². The number of aryl methyl sites for hydroxylation is 1. The third kappa shape index (κ3) is 2.93. The van der Waals surface area contributed by atoms with Crippen molar-refractivity contribution in [3.8, 4) is 5.75 Å². The van der Waals surface area contributed by atoms with E-state index in [0.717, 1.165) is 0 Å². The molecule has 5 nitrogen and oxygen atoms in total. The first-order chi connectivity index (χ1) is 8.97. The molecule has 5 heteroatoms. The highest BCUT2D eigenvalue weighted by Gasteiger charge is 2.25. The average molecular weight is 261 g/mol. The predicted octanol–water partition coefficient (Wildman–Crippen LogP) is 1.46. The summed E-state index contributed by atoms with van der Waals surface area (Å²) in [7, 11) is 0. The quantitative estimate of drug-likeness (QED) is 0.719. The van der Waals surface area contributed by atoms with Crippen LogP contribution in [-0.4, -0.2) is 28.1 Å². The minimum Gasteiger partial charge on any atom is -0.508 e. The van der Waals surface area contributed by atoms with E-state index in [1.54, 1.807) is 25.1 Å². The molecule has 100 valence electrons. The maximum Gasteiger partial charge on any atom is 0.310 e. The monoisotopic (exact) mass is 261 g/mol. The molecule has 0 saturated carbocycles. The Morgan fingerprint density at radius 3 is 2.63 bits per heavy atom. The number of nitrogens with one attached hydrogen (secondary N) is 1. The lowest BCUT2D eigenvalue weighted by molar-refractivity contribution is -0.140. The van der Waals surface area contributed by atoms with Crippen LogP contribution in [0.25, 0.3) is 0 Å². The van der Waals surface area contributed by atoms with Crippen LogP contribution in [0, 0.1) is 12.8 Å². The van der Waals surface area contributed by atoms with Crippen LogP contribution in [0.2, 0.25) is 0 Å². The minimum absolute atomic E-state index is 0.142. The molecule has 1 aromatic carbocycles. The minimum atomic E-state index is -0.881. The van der Waals surface area contributed by atoms with Gasteiger partial charge in [0, 0.05) is 11.6 Å². The van der Waals surface area contributed by atoms with Gasteiger partial charge in [0.2, 0.25) is 0 Å². The van der Waals surface area contributed by atoms with Crippen molar-refractivity contribution >= 4 is 11.9 Å². The molecule has 3 N–H and O–H groups in total. The molecule has 1 aliphatic rings. The first kappa shape index (κ1) is 13.1. The third-order valence-electron chi connectivity index (χ3n) is 3.18. The van der Waals surface area contributed by atoms with Crippen molar-refractivity contribution in [1.82, 2.24) is 5.32 Å². The average Bonchev–Trinajstić information content (AvgIpc) is 2.81. The molecule has 1 amide bonds. The summed E-state index contributed by atoms with van der Waals surface area (Å²) in [5.41, 5.74) is 1.07. The topological polar surface area (TPSA) is 86.6 Å². The van der Waals surface area contributed by atoms with Crippen LogP contribution in [0.1, 0.15) is 22.3 Å². The van der Waals surface area contributed by atoms with Gasteiger partial charge in [0.15, 0.2) is 0 Å². The highest BCUT2D eigenvalue weighted by molar-refractivity contribution is 5.95. The van der Waals surface area contributed by atoms with Gasteiger partial charge in [-0.15, -0.1) is 0 Å². The molecule has 19 heavy (non-hydrogen) atoms. The molecule has 0 bridgehead atoms. The maximum absolute atomic E-state index is 12.0. The van der Waals surface area contributed by atoms with Crippen LogP contribution in [0.4, 0.5) is 0 Å². The van der Waals surface area contributed by atoms with E-state index in [1.807, 2.05) is 0 Å². The van der Waals surface area contributed by atoms with Crippen LogP contribution >= 0.6 is 0 Å². The van der Waals surface area contributed by atoms with Gasteiger partial charge in [-0.25, -0.2) is 0 Å². The lowest BCUT2D eigenvalue weighted by Gasteiger charge is -2.12. The van der Waals surface area contributed by atoms with E-state index in [-0.39, 0.29) is 17.7 Å². The van der Waals surface area contributed by atoms with Crippen LogP contribution in [0.15, 0.2) is 30.4 Å². The molecule has 0 heterocycles. The molecule has 2 rings (SSSR count). The smallest absolute Gasteiger partial charge is 0.310 e. The van der Waals surface area contributed by atoms with Gasteiger partial charge in [-0.05, 0) is 37.1 Å². The Labute approximate surface area is 110 Å². The van der Waals surface area contributed by atoms with Crippen molar-refractivity contribution in [2.75, 3.05) is 0 Å². The van der Waals surface area contributed by atoms with E-state index in [2.05, 4.69) is 5.32 Å². The van der Waals surface area contributed by atoms with Gasteiger partial charge >= 0.3 is 5.97 Å². The second-order valence-corrected chi connectivity index (χ2v) is 4.65. The Hall–Kier alpha value is -2.30. The van der Waals surface area contributed by atoms with E-state index in [0.29, 0.717) is 17.5 Å². The number of rotatable bonds is 3. The Balaban J connectivity index is 2.00. The number of hydrogen-bond acceptors (Lipinski definition) is 3. The number of carboxylic acid groups (broad SMARTS) is 1. The van der Waals surface area contributed by atoms with Crippen LogP contribution in [0.5, 0.6) is 5.75 Å². The number of aromatic hydroxyl groups is 1. The molecular weight excluding hydrogens is 246 g/mol. The molecule has 2 atom stereocenters. The summed E-state index contributed by atoms with van der Waals surface area (Å²) in [5, 5.41) is 21.0. The normalized spacial score (nSPS) is 21.3. The van der Waals surface area contributed by atoms with E-state index in [4.69, 9.17) is 5.11 Å². The summed E-state index contributed by atoms with van der Waals surface area (Å²) in [5.74, 6) is -1.55. The van der Waals surface area contributed by atoms with Gasteiger partial charge in [0.05, 0.1) is 5.92 Å². The number of benzene rings is 1. The van der Waals surface area contributed by atoms with E-state index in [1.165, 1.54) is 12.1 Å². The SMILES string of the molecule is Cc1cc(C(=O)NC2C=CC(C(=O)O)C2)ccc1O. The van der Waals surface area contributed by atoms with E-state index < -0.39 is 11.9 Å². The number of carboxylic acids is 1. The summed E-state index contributed by atoms with van der Waals surface area (Å²) in [6.07, 6.45) is 3.66.